The van der Waals surface area contributed by atoms with Gasteiger partial charge in [0, 0.05) is 10.8 Å². The third kappa shape index (κ3) is 13.4. The summed E-state index contributed by atoms with van der Waals surface area (Å²) in [6.45, 7) is 3.35. The number of aromatic amines is 1. The number of nitrogen functional groups attached to an aromatic ring is 1. The van der Waals surface area contributed by atoms with Gasteiger partial charge in [-0.3, -0.25) is 23.8 Å². The van der Waals surface area contributed by atoms with Crippen LogP contribution in [-0.4, -0.2) is 64.0 Å². The maximum Gasteiger partial charge on any atom is 0.313 e. The highest BCUT2D eigenvalue weighted by molar-refractivity contribution is 9.10. The van der Waals surface area contributed by atoms with Crippen molar-refractivity contribution in [3.8, 4) is 11.4 Å². The molecule has 8 aromatic rings. The van der Waals surface area contributed by atoms with Crippen LogP contribution >= 0.6 is 79.0 Å². The van der Waals surface area contributed by atoms with E-state index in [-0.39, 0.29) is 20.6 Å². The standard InChI is InChI=1S/C17H14BrN3O2S.C15H12BrN3S.C9H10ClNO2.C7H8ClN.2CH4/c18-16-19-20-17(24-9-15(22)23)21(16)14-8-7-11(10-5-6-10)12-3-1-2-4-13(12)14;16-14-17-18-15(20)19(14)13-8-7-10(9-5-6-9)11-3-1-2-4-12(11)13;1-6-2-3-8(7(10)4-6)11-9(13)5-12;1-5-2-3-7(9)6(8)4-5;;/h1-4,7-8,10H,5-6,9H2,(H,22,23);1-4,7-9H,5-6H2,(H,18,20);2-4,12H,5H2,1H3,(H,11,13);2-4H,9H2,1H3;2*1H4. The Balaban J connectivity index is 0.000000178. The number of hydrogen-bond acceptors (Lipinski definition) is 9. The van der Waals surface area contributed by atoms with Gasteiger partial charge in [0.2, 0.25) is 20.1 Å². The summed E-state index contributed by atoms with van der Waals surface area (Å²) in [5.41, 5.74) is 13.6. The van der Waals surface area contributed by atoms with Crippen molar-refractivity contribution < 1.29 is 19.8 Å². The van der Waals surface area contributed by atoms with Crippen molar-refractivity contribution in [3.05, 3.63) is 156 Å². The number of aliphatic hydroxyl groups excluding tert-OH is 1. The summed E-state index contributed by atoms with van der Waals surface area (Å²) in [7, 11) is 0. The van der Waals surface area contributed by atoms with Crippen molar-refractivity contribution in [2.75, 3.05) is 23.4 Å². The molecule has 12 nitrogen and oxygen atoms in total. The fourth-order valence-electron chi connectivity index (χ4n) is 7.21. The van der Waals surface area contributed by atoms with E-state index in [4.69, 9.17) is 51.4 Å². The fourth-order valence-corrected chi connectivity index (χ4v) is 9.75. The van der Waals surface area contributed by atoms with Crippen LogP contribution in [0.2, 0.25) is 10.0 Å². The average molecular weight is 1120 g/mol. The Morgan fingerprint density at radius 1 is 0.765 bits per heavy atom. The molecule has 10 rings (SSSR count). The number of hydrogen-bond donors (Lipinski definition) is 5. The first kappa shape index (κ1) is 53.9. The number of aryl methyl sites for hydroxylation is 2. The molecule has 6 N–H and O–H groups in total. The number of fused-ring (bicyclic) bond motifs is 2. The molecule has 2 aliphatic carbocycles. The second-order valence-corrected chi connectivity index (χ2v) is 19.2. The molecule has 0 saturated heterocycles. The van der Waals surface area contributed by atoms with Crippen LogP contribution in [0, 0.1) is 18.6 Å². The van der Waals surface area contributed by atoms with Crippen molar-refractivity contribution in [2.24, 2.45) is 0 Å². The molecule has 0 atom stereocenters. The molecule has 356 valence electrons. The van der Waals surface area contributed by atoms with Crippen molar-refractivity contribution in [2.45, 2.75) is 71.4 Å². The first-order valence-electron chi connectivity index (χ1n) is 20.7. The smallest absolute Gasteiger partial charge is 0.313 e. The van der Waals surface area contributed by atoms with E-state index >= 15 is 0 Å². The van der Waals surface area contributed by atoms with Gasteiger partial charge in [-0.1, -0.05) is 123 Å². The Morgan fingerprint density at radius 2 is 1.28 bits per heavy atom. The van der Waals surface area contributed by atoms with Gasteiger partial charge in [-0.2, -0.15) is 0 Å². The largest absolute Gasteiger partial charge is 0.481 e. The SMILES string of the molecule is C.C.Cc1ccc(N)c(Cl)c1.Cc1ccc(NC(=O)CO)c(Cl)c1.O=C(O)CSc1nnc(Br)n1-c1ccc(C2CC2)c2ccccc12.S=c1[nH]nc(Br)n1-c1ccc(C2CC2)c2ccccc12. The lowest BCUT2D eigenvalue weighted by atomic mass is 9.99. The number of nitrogens with two attached hydrogens (primary N) is 1. The van der Waals surface area contributed by atoms with Gasteiger partial charge in [-0.25, -0.2) is 0 Å². The molecule has 0 aliphatic heterocycles. The third-order valence-corrected chi connectivity index (χ3v) is 13.5. The molecule has 18 heteroatoms. The number of benzene rings is 6. The fraction of sp³-hybridized carbons (Fsp3) is 0.240. The van der Waals surface area contributed by atoms with E-state index in [0.29, 0.717) is 46.7 Å². The number of rotatable bonds is 9. The topological polar surface area (TPSA) is 177 Å². The number of aromatic nitrogens is 6. The Hall–Kier alpha value is -5.07. The number of thioether (sulfide) groups is 1. The Morgan fingerprint density at radius 3 is 1.74 bits per heavy atom. The number of carbonyl (C=O) groups is 2. The van der Waals surface area contributed by atoms with Gasteiger partial charge < -0.3 is 21.3 Å². The normalized spacial score (nSPS) is 12.5. The lowest BCUT2D eigenvalue weighted by Crippen LogP contribution is -2.15. The van der Waals surface area contributed by atoms with Crippen LogP contribution in [0.15, 0.2) is 124 Å². The molecule has 2 saturated carbocycles. The maximum atomic E-state index is 10.9. The number of carboxylic acid groups (broad SMARTS) is 1. The van der Waals surface area contributed by atoms with Gasteiger partial charge in [0.05, 0.1) is 38.5 Å². The molecule has 0 unspecified atom stereocenters. The number of nitrogens with zero attached hydrogens (tertiary/aromatic N) is 5. The molecule has 68 heavy (non-hydrogen) atoms. The minimum atomic E-state index is -0.875. The van der Waals surface area contributed by atoms with Gasteiger partial charge in [-0.15, -0.1) is 15.3 Å². The van der Waals surface area contributed by atoms with Gasteiger partial charge in [0.1, 0.15) is 6.61 Å². The molecular formula is C50H52Br2Cl2N8O4S2. The monoisotopic (exact) mass is 1120 g/mol. The van der Waals surface area contributed by atoms with Crippen molar-refractivity contribution in [1.29, 1.82) is 0 Å². The van der Waals surface area contributed by atoms with Gasteiger partial charge in [0.25, 0.3) is 0 Å². The van der Waals surface area contributed by atoms with E-state index in [1.807, 2.05) is 47.2 Å². The molecule has 2 heterocycles. The number of aliphatic carboxylic acids is 1. The molecule has 2 aliphatic rings. The minimum Gasteiger partial charge on any atom is -0.481 e. The summed E-state index contributed by atoms with van der Waals surface area (Å²) in [5.74, 6) is -0.00214. The predicted octanol–water partition coefficient (Wildman–Crippen LogP) is 14.0. The molecule has 2 fully saturated rings. The lowest BCUT2D eigenvalue weighted by molar-refractivity contribution is -0.133. The number of H-pyrrole nitrogens is 1. The van der Waals surface area contributed by atoms with E-state index in [1.165, 1.54) is 53.0 Å². The van der Waals surface area contributed by atoms with E-state index in [0.717, 1.165) is 45.6 Å². The molecule has 0 spiro atoms. The molecular weight excluding hydrogens is 1070 g/mol. The van der Waals surface area contributed by atoms with Crippen LogP contribution in [0.4, 0.5) is 11.4 Å². The Bertz CT molecular complexity index is 3120. The highest BCUT2D eigenvalue weighted by atomic mass is 79.9. The summed E-state index contributed by atoms with van der Waals surface area (Å²) in [6, 6.07) is 36.3. The van der Waals surface area contributed by atoms with Gasteiger partial charge >= 0.3 is 5.97 Å². The van der Waals surface area contributed by atoms with Crippen molar-refractivity contribution in [1.82, 2.24) is 29.5 Å². The zero-order chi connectivity index (χ0) is 47.1. The first-order valence-corrected chi connectivity index (χ1v) is 24.5. The van der Waals surface area contributed by atoms with Crippen LogP contribution in [0.25, 0.3) is 32.9 Å². The zero-order valence-electron chi connectivity index (χ0n) is 35.6. The summed E-state index contributed by atoms with van der Waals surface area (Å²) >= 11 is 24.9. The first-order chi connectivity index (χ1) is 31.7. The van der Waals surface area contributed by atoms with Crippen LogP contribution in [0.5, 0.6) is 0 Å². The lowest BCUT2D eigenvalue weighted by Gasteiger charge is -2.13. The third-order valence-electron chi connectivity index (χ3n) is 10.6. The van der Waals surface area contributed by atoms with Crippen LogP contribution in [0.1, 0.15) is 74.6 Å². The van der Waals surface area contributed by atoms with Crippen molar-refractivity contribution in [3.63, 3.8) is 0 Å². The quantitative estimate of drug-likeness (QED) is 0.0531. The minimum absolute atomic E-state index is 0. The second kappa shape index (κ2) is 24.5. The summed E-state index contributed by atoms with van der Waals surface area (Å²) in [5, 5.41) is 41.6. The van der Waals surface area contributed by atoms with E-state index in [1.54, 1.807) is 18.2 Å². The van der Waals surface area contributed by atoms with Crippen molar-refractivity contribution >= 4 is 124 Å². The zero-order valence-corrected chi connectivity index (χ0v) is 42.0. The second-order valence-electron chi connectivity index (χ2n) is 15.6. The summed E-state index contributed by atoms with van der Waals surface area (Å²) in [4.78, 5) is 21.7. The van der Waals surface area contributed by atoms with E-state index < -0.39 is 18.5 Å². The Kier molecular flexibility index (Phi) is 19.4. The highest BCUT2D eigenvalue weighted by Crippen LogP contribution is 2.45. The molecule has 6 aromatic carbocycles. The molecule has 2 aromatic heterocycles. The number of anilines is 2. The molecule has 1 amide bonds. The number of halogens is 4. The number of aliphatic hydroxyl groups is 1. The van der Waals surface area contributed by atoms with Gasteiger partial charge in [-0.05, 0) is 165 Å². The van der Waals surface area contributed by atoms with E-state index in [9.17, 15) is 9.59 Å². The number of carbonyl (C=O) groups excluding carboxylic acids is 1. The predicted molar refractivity (Wildman–Crippen MR) is 289 cm³/mol. The van der Waals surface area contributed by atoms with E-state index in [2.05, 4.69) is 124 Å². The summed E-state index contributed by atoms with van der Waals surface area (Å²) in [6.07, 6.45) is 5.11. The number of carboxylic acids is 1. The average Bonchev–Trinajstić information content (AvgIpc) is 4.26. The van der Waals surface area contributed by atoms with Crippen LogP contribution < -0.4 is 11.1 Å². The summed E-state index contributed by atoms with van der Waals surface area (Å²) < 4.78 is 5.66. The van der Waals surface area contributed by atoms with Gasteiger partial charge in [0.15, 0.2) is 5.16 Å². The van der Waals surface area contributed by atoms with Crippen LogP contribution in [-0.2, 0) is 9.59 Å². The molecule has 0 bridgehead atoms. The Labute approximate surface area is 431 Å². The maximum absolute atomic E-state index is 10.9. The number of amides is 1. The van der Waals surface area contributed by atoms with Crippen LogP contribution in [0.3, 0.4) is 0 Å². The number of nitrogens with one attached hydrogen (secondary N) is 2. The highest BCUT2D eigenvalue weighted by Gasteiger charge is 2.27. The molecule has 0 radical (unpaired) electrons.